The number of hydrogen-bond donors (Lipinski definition) is 0. The zero-order valence-electron chi connectivity index (χ0n) is 19.7. The topological polar surface area (TPSA) is 8.81 Å². The monoisotopic (exact) mass is 391 g/mol. The zero-order valence-corrected chi connectivity index (χ0v) is 19.7. The first-order chi connectivity index (χ1) is 13.8. The molecule has 164 valence electrons. The average Bonchev–Trinajstić information content (AvgIpc) is 3.08. The maximum absolute atomic E-state index is 2.56. The van der Waals surface area contributed by atoms with Gasteiger partial charge in [-0.15, -0.1) is 0 Å². The molecule has 1 heterocycles. The van der Waals surface area contributed by atoms with Crippen molar-refractivity contribution >= 4 is 0 Å². The van der Waals surface area contributed by atoms with Crippen molar-refractivity contribution in [1.82, 2.24) is 4.57 Å². The van der Waals surface area contributed by atoms with Crippen LogP contribution in [0.15, 0.2) is 12.4 Å². The summed E-state index contributed by atoms with van der Waals surface area (Å²) in [4.78, 5) is 0. The van der Waals surface area contributed by atoms with Crippen molar-refractivity contribution < 1.29 is 4.57 Å². The van der Waals surface area contributed by atoms with Gasteiger partial charge in [-0.05, 0) is 25.7 Å². The fourth-order valence-electron chi connectivity index (χ4n) is 4.27. The van der Waals surface area contributed by atoms with E-state index in [-0.39, 0.29) is 0 Å². The highest BCUT2D eigenvalue weighted by atomic mass is 15.1. The van der Waals surface area contributed by atoms with Crippen LogP contribution in [-0.2, 0) is 19.5 Å². The Morgan fingerprint density at radius 1 is 0.607 bits per heavy atom. The molecule has 0 amide bonds. The fourth-order valence-corrected chi connectivity index (χ4v) is 4.27. The van der Waals surface area contributed by atoms with Gasteiger partial charge >= 0.3 is 0 Å². The Labute approximate surface area is 177 Å². The molecule has 0 aliphatic heterocycles. The van der Waals surface area contributed by atoms with Gasteiger partial charge in [0, 0.05) is 6.42 Å². The Morgan fingerprint density at radius 3 is 1.64 bits per heavy atom. The quantitative estimate of drug-likeness (QED) is 0.157. The van der Waals surface area contributed by atoms with Crippen LogP contribution in [0.25, 0.3) is 0 Å². The summed E-state index contributed by atoms with van der Waals surface area (Å²) >= 11 is 0. The first kappa shape index (κ1) is 25.2. The highest BCUT2D eigenvalue weighted by Crippen LogP contribution is 2.12. The van der Waals surface area contributed by atoms with E-state index in [4.69, 9.17) is 0 Å². The first-order valence-electron chi connectivity index (χ1n) is 12.9. The van der Waals surface area contributed by atoms with Crippen molar-refractivity contribution in [2.45, 2.75) is 149 Å². The summed E-state index contributed by atoms with van der Waals surface area (Å²) in [6, 6.07) is 0. The Bertz CT molecular complexity index is 449. The van der Waals surface area contributed by atoms with Gasteiger partial charge in [0.15, 0.2) is 0 Å². The molecule has 0 atom stereocenters. The second kappa shape index (κ2) is 18.3. The predicted molar refractivity (Wildman–Crippen MR) is 124 cm³/mol. The second-order valence-corrected chi connectivity index (χ2v) is 8.80. The molecule has 2 heteroatoms. The number of nitrogens with zero attached hydrogens (tertiary/aromatic N) is 2. The zero-order chi connectivity index (χ0) is 20.3. The lowest BCUT2D eigenvalue weighted by atomic mass is 10.1. The van der Waals surface area contributed by atoms with E-state index in [1.165, 1.54) is 129 Å². The molecule has 1 rings (SSSR count). The first-order valence-corrected chi connectivity index (χ1v) is 12.9. The standard InChI is InChI=1S/C26H51N2/c1-4-7-9-11-13-15-17-19-21-26-27(22-6-3)24-25-28(26)23-20-18-16-14-12-10-8-5-2/h24-25H,4-23H2,1-3H3/q+1. The average molecular weight is 392 g/mol. The number of aromatic nitrogens is 2. The molecule has 0 N–H and O–H groups in total. The van der Waals surface area contributed by atoms with Gasteiger partial charge in [-0.3, -0.25) is 0 Å². The van der Waals surface area contributed by atoms with Crippen LogP contribution in [0, 0.1) is 0 Å². The van der Waals surface area contributed by atoms with Gasteiger partial charge < -0.3 is 0 Å². The molecule has 0 radical (unpaired) electrons. The summed E-state index contributed by atoms with van der Waals surface area (Å²) in [5, 5.41) is 0. The van der Waals surface area contributed by atoms with Crippen LogP contribution in [-0.4, -0.2) is 4.57 Å². The van der Waals surface area contributed by atoms with E-state index < -0.39 is 0 Å². The Hall–Kier alpha value is -0.790. The van der Waals surface area contributed by atoms with E-state index >= 15 is 0 Å². The van der Waals surface area contributed by atoms with Crippen LogP contribution < -0.4 is 4.57 Å². The fraction of sp³-hybridized carbons (Fsp3) is 0.885. The molecule has 0 unspecified atom stereocenters. The normalized spacial score (nSPS) is 11.4. The van der Waals surface area contributed by atoms with Gasteiger partial charge in [0.1, 0.15) is 12.4 Å². The molecule has 28 heavy (non-hydrogen) atoms. The molecule has 1 aromatic heterocycles. The van der Waals surface area contributed by atoms with Crippen molar-refractivity contribution in [1.29, 1.82) is 0 Å². The van der Waals surface area contributed by atoms with Crippen LogP contribution in [0.3, 0.4) is 0 Å². The third-order valence-electron chi connectivity index (χ3n) is 6.06. The minimum atomic E-state index is 1.18. The summed E-state index contributed by atoms with van der Waals surface area (Å²) in [6.07, 6.45) is 29.7. The van der Waals surface area contributed by atoms with Crippen LogP contribution in [0.2, 0.25) is 0 Å². The molecular formula is C26H51N2+. The molecule has 1 aromatic rings. The molecule has 0 saturated heterocycles. The summed E-state index contributed by atoms with van der Waals surface area (Å²) in [5.74, 6) is 1.58. The number of imidazole rings is 1. The number of aryl methyl sites for hydroxylation is 2. The number of rotatable bonds is 20. The lowest BCUT2D eigenvalue weighted by molar-refractivity contribution is -0.703. The van der Waals surface area contributed by atoms with E-state index in [0.717, 1.165) is 0 Å². The maximum Gasteiger partial charge on any atom is 0.256 e. The largest absolute Gasteiger partial charge is 0.256 e. The van der Waals surface area contributed by atoms with Crippen LogP contribution in [0.5, 0.6) is 0 Å². The smallest absolute Gasteiger partial charge is 0.234 e. The maximum atomic E-state index is 2.56. The summed E-state index contributed by atoms with van der Waals surface area (Å²) < 4.78 is 5.08. The molecule has 0 aliphatic carbocycles. The molecule has 0 fully saturated rings. The van der Waals surface area contributed by atoms with Crippen molar-refractivity contribution in [2.75, 3.05) is 0 Å². The number of hydrogen-bond acceptors (Lipinski definition) is 0. The molecule has 0 saturated carbocycles. The predicted octanol–water partition coefficient (Wildman–Crippen LogP) is 8.01. The van der Waals surface area contributed by atoms with Gasteiger partial charge in [0.05, 0.1) is 13.1 Å². The Kier molecular flexibility index (Phi) is 16.5. The third kappa shape index (κ3) is 11.9. The van der Waals surface area contributed by atoms with Gasteiger partial charge in [-0.2, -0.15) is 0 Å². The summed E-state index contributed by atoms with van der Waals surface area (Å²) in [5.41, 5.74) is 0. The minimum Gasteiger partial charge on any atom is -0.234 e. The third-order valence-corrected chi connectivity index (χ3v) is 6.06. The molecular weight excluding hydrogens is 340 g/mol. The highest BCUT2D eigenvalue weighted by molar-refractivity contribution is 4.84. The lowest BCUT2D eigenvalue weighted by Gasteiger charge is -2.06. The highest BCUT2D eigenvalue weighted by Gasteiger charge is 2.15. The molecule has 0 bridgehead atoms. The van der Waals surface area contributed by atoms with E-state index in [1.54, 1.807) is 5.82 Å². The van der Waals surface area contributed by atoms with Crippen molar-refractivity contribution in [3.05, 3.63) is 18.2 Å². The van der Waals surface area contributed by atoms with Crippen LogP contribution in [0.1, 0.15) is 136 Å². The Morgan fingerprint density at radius 2 is 1.11 bits per heavy atom. The van der Waals surface area contributed by atoms with E-state index in [0.29, 0.717) is 0 Å². The molecule has 2 nitrogen and oxygen atoms in total. The molecule has 0 spiro atoms. The van der Waals surface area contributed by atoms with E-state index in [1.807, 2.05) is 0 Å². The van der Waals surface area contributed by atoms with E-state index in [9.17, 15) is 0 Å². The van der Waals surface area contributed by atoms with Crippen molar-refractivity contribution in [3.8, 4) is 0 Å². The number of unbranched alkanes of at least 4 members (excludes halogenated alkanes) is 14. The molecule has 0 aliphatic rings. The minimum absolute atomic E-state index is 1.18. The van der Waals surface area contributed by atoms with Gasteiger partial charge in [-0.1, -0.05) is 104 Å². The van der Waals surface area contributed by atoms with Crippen molar-refractivity contribution in [2.24, 2.45) is 0 Å². The molecule has 0 aromatic carbocycles. The lowest BCUT2D eigenvalue weighted by Crippen LogP contribution is -2.37. The van der Waals surface area contributed by atoms with Crippen LogP contribution in [0.4, 0.5) is 0 Å². The van der Waals surface area contributed by atoms with E-state index in [2.05, 4.69) is 42.3 Å². The van der Waals surface area contributed by atoms with Gasteiger partial charge in [0.25, 0.3) is 5.82 Å². The summed E-state index contributed by atoms with van der Waals surface area (Å²) in [6.45, 7) is 9.29. The van der Waals surface area contributed by atoms with Crippen molar-refractivity contribution in [3.63, 3.8) is 0 Å². The Balaban J connectivity index is 2.25. The van der Waals surface area contributed by atoms with Gasteiger partial charge in [0.2, 0.25) is 0 Å². The summed E-state index contributed by atoms with van der Waals surface area (Å²) in [7, 11) is 0. The van der Waals surface area contributed by atoms with Crippen LogP contribution >= 0.6 is 0 Å². The van der Waals surface area contributed by atoms with Gasteiger partial charge in [-0.25, -0.2) is 9.13 Å². The second-order valence-electron chi connectivity index (χ2n) is 8.80. The SMILES string of the molecule is CCCCCCCCCCc1n(CCCCCCCCCC)cc[n+]1CCC.